The molecule has 0 saturated carbocycles. The van der Waals surface area contributed by atoms with Gasteiger partial charge in [-0.1, -0.05) is 13.0 Å². The van der Waals surface area contributed by atoms with E-state index in [9.17, 15) is 0 Å². The van der Waals surface area contributed by atoms with E-state index in [0.717, 1.165) is 12.1 Å². The lowest BCUT2D eigenvalue weighted by Crippen LogP contribution is -2.23. The number of aromatic nitrogens is 1. The summed E-state index contributed by atoms with van der Waals surface area (Å²) in [7, 11) is 0. The highest BCUT2D eigenvalue weighted by molar-refractivity contribution is 5.43. The number of nitrogens with zero attached hydrogens (tertiary/aromatic N) is 1. The number of rotatable bonds is 5. The van der Waals surface area contributed by atoms with Gasteiger partial charge in [0.15, 0.2) is 0 Å². The maximum absolute atomic E-state index is 4.16. The highest BCUT2D eigenvalue weighted by Gasteiger charge is 2.10. The molecule has 0 bridgehead atoms. The molecule has 0 amide bonds. The molecule has 2 atom stereocenters. The molecule has 1 aromatic heterocycles. The van der Waals surface area contributed by atoms with Gasteiger partial charge in [-0.05, 0) is 37.8 Å². The Bertz CT molecular complexity index is 320. The number of aryl methyl sites for hydroxylation is 1. The van der Waals surface area contributed by atoms with Crippen LogP contribution in [0.5, 0.6) is 0 Å². The average Bonchev–Trinajstić information content (AvgIpc) is 2.18. The number of allylic oxidation sites excluding steroid dienone is 1. The largest absolute Gasteiger partial charge is 0.381 e. The van der Waals surface area contributed by atoms with Gasteiger partial charge < -0.3 is 5.32 Å². The van der Waals surface area contributed by atoms with Crippen molar-refractivity contribution in [2.75, 3.05) is 5.32 Å². The number of hydrogen-bond acceptors (Lipinski definition) is 2. The molecule has 1 N–H and O–H groups in total. The van der Waals surface area contributed by atoms with Crippen LogP contribution < -0.4 is 5.32 Å². The summed E-state index contributed by atoms with van der Waals surface area (Å²) in [6.45, 7) is 10.2. The Kier molecular flexibility index (Phi) is 4.35. The van der Waals surface area contributed by atoms with E-state index in [-0.39, 0.29) is 0 Å². The third-order valence-electron chi connectivity index (χ3n) is 2.66. The van der Waals surface area contributed by atoms with Crippen LogP contribution in [0.15, 0.2) is 31.1 Å². The average molecular weight is 204 g/mol. The van der Waals surface area contributed by atoms with E-state index in [2.05, 4.69) is 43.7 Å². The lowest BCUT2D eigenvalue weighted by molar-refractivity contribution is 0.517. The molecule has 2 heteroatoms. The Morgan fingerprint density at radius 2 is 2.20 bits per heavy atom. The van der Waals surface area contributed by atoms with Gasteiger partial charge in [0, 0.05) is 18.4 Å². The monoisotopic (exact) mass is 204 g/mol. The van der Waals surface area contributed by atoms with Crippen molar-refractivity contribution in [3.8, 4) is 0 Å². The fraction of sp³-hybridized carbons (Fsp3) is 0.462. The second-order valence-corrected chi connectivity index (χ2v) is 4.19. The number of hydrogen-bond donors (Lipinski definition) is 1. The lowest BCUT2D eigenvalue weighted by atomic mass is 10.00. The number of nitrogens with one attached hydrogen (secondary N) is 1. The Morgan fingerprint density at radius 1 is 1.47 bits per heavy atom. The highest BCUT2D eigenvalue weighted by atomic mass is 14.9. The van der Waals surface area contributed by atoms with Crippen molar-refractivity contribution in [1.82, 2.24) is 4.98 Å². The predicted octanol–water partition coefficient (Wildman–Crippen LogP) is 3.40. The van der Waals surface area contributed by atoms with E-state index < -0.39 is 0 Å². The summed E-state index contributed by atoms with van der Waals surface area (Å²) < 4.78 is 0. The summed E-state index contributed by atoms with van der Waals surface area (Å²) in [4.78, 5) is 4.16. The maximum Gasteiger partial charge on any atom is 0.0531 e. The van der Waals surface area contributed by atoms with Gasteiger partial charge in [-0.2, -0.15) is 0 Å². The molecular weight excluding hydrogens is 184 g/mol. The molecule has 1 aromatic rings. The predicted molar refractivity (Wildman–Crippen MR) is 66.0 cm³/mol. The molecule has 82 valence electrons. The van der Waals surface area contributed by atoms with Crippen LogP contribution in [0.4, 0.5) is 5.69 Å². The first kappa shape index (κ1) is 11.8. The van der Waals surface area contributed by atoms with Crippen LogP contribution >= 0.6 is 0 Å². The summed E-state index contributed by atoms with van der Waals surface area (Å²) >= 11 is 0. The van der Waals surface area contributed by atoms with E-state index in [1.165, 1.54) is 5.56 Å². The summed E-state index contributed by atoms with van der Waals surface area (Å²) in [5.41, 5.74) is 2.28. The molecule has 1 rings (SSSR count). The topological polar surface area (TPSA) is 24.9 Å². The minimum absolute atomic E-state index is 0.437. The summed E-state index contributed by atoms with van der Waals surface area (Å²) in [6.07, 6.45) is 6.73. The molecule has 15 heavy (non-hydrogen) atoms. The van der Waals surface area contributed by atoms with E-state index in [1.54, 1.807) is 0 Å². The van der Waals surface area contributed by atoms with Crippen LogP contribution in [0, 0.1) is 12.8 Å². The van der Waals surface area contributed by atoms with E-state index >= 15 is 0 Å². The van der Waals surface area contributed by atoms with Crippen LogP contribution in [0.1, 0.15) is 25.8 Å². The molecular formula is C13H20N2. The highest BCUT2D eigenvalue weighted by Crippen LogP contribution is 2.15. The van der Waals surface area contributed by atoms with Crippen molar-refractivity contribution in [3.63, 3.8) is 0 Å². The minimum atomic E-state index is 0.437. The SMILES string of the molecule is C=CCC(C)C(C)Nc1cncc(C)c1. The van der Waals surface area contributed by atoms with Gasteiger partial charge in [-0.25, -0.2) is 0 Å². The zero-order valence-electron chi connectivity index (χ0n) is 9.83. The zero-order valence-corrected chi connectivity index (χ0v) is 9.83. The van der Waals surface area contributed by atoms with Gasteiger partial charge in [-0.15, -0.1) is 6.58 Å². The Morgan fingerprint density at radius 3 is 2.80 bits per heavy atom. The maximum atomic E-state index is 4.16. The standard InChI is InChI=1S/C13H20N2/c1-5-6-11(3)12(4)15-13-7-10(2)8-14-9-13/h5,7-9,11-12,15H,1,6H2,2-4H3. The normalized spacial score (nSPS) is 14.3. The first-order chi connectivity index (χ1) is 7.13. The smallest absolute Gasteiger partial charge is 0.0531 e. The second kappa shape index (κ2) is 5.54. The lowest BCUT2D eigenvalue weighted by Gasteiger charge is -2.21. The molecule has 0 fully saturated rings. The Labute approximate surface area is 92.4 Å². The third-order valence-corrected chi connectivity index (χ3v) is 2.66. The van der Waals surface area contributed by atoms with Crippen molar-refractivity contribution in [2.45, 2.75) is 33.2 Å². The van der Waals surface area contributed by atoms with Gasteiger partial charge in [0.05, 0.1) is 5.69 Å². The van der Waals surface area contributed by atoms with E-state index in [4.69, 9.17) is 0 Å². The van der Waals surface area contributed by atoms with Crippen molar-refractivity contribution in [1.29, 1.82) is 0 Å². The van der Waals surface area contributed by atoms with E-state index in [1.807, 2.05) is 18.5 Å². The van der Waals surface area contributed by atoms with E-state index in [0.29, 0.717) is 12.0 Å². The van der Waals surface area contributed by atoms with Crippen LogP contribution in [0.2, 0.25) is 0 Å². The summed E-state index contributed by atoms with van der Waals surface area (Å²) in [6, 6.07) is 2.55. The second-order valence-electron chi connectivity index (χ2n) is 4.19. The van der Waals surface area contributed by atoms with Crippen LogP contribution in [0.25, 0.3) is 0 Å². The minimum Gasteiger partial charge on any atom is -0.381 e. The molecule has 0 aromatic carbocycles. The van der Waals surface area contributed by atoms with Crippen molar-refractivity contribution < 1.29 is 0 Å². The Balaban J connectivity index is 2.57. The van der Waals surface area contributed by atoms with Gasteiger partial charge in [0.2, 0.25) is 0 Å². The molecule has 2 unspecified atom stereocenters. The van der Waals surface area contributed by atoms with Gasteiger partial charge in [0.25, 0.3) is 0 Å². The molecule has 0 aliphatic heterocycles. The zero-order chi connectivity index (χ0) is 11.3. The quantitative estimate of drug-likeness (QED) is 0.743. The summed E-state index contributed by atoms with van der Waals surface area (Å²) in [5, 5.41) is 3.46. The van der Waals surface area contributed by atoms with Crippen LogP contribution in [-0.2, 0) is 0 Å². The van der Waals surface area contributed by atoms with Crippen molar-refractivity contribution >= 4 is 5.69 Å². The molecule has 2 nitrogen and oxygen atoms in total. The van der Waals surface area contributed by atoms with Crippen molar-refractivity contribution in [3.05, 3.63) is 36.7 Å². The molecule has 0 aliphatic rings. The molecule has 1 heterocycles. The molecule has 0 spiro atoms. The number of pyridine rings is 1. The summed E-state index contributed by atoms with van der Waals surface area (Å²) in [5.74, 6) is 0.586. The van der Waals surface area contributed by atoms with Gasteiger partial charge >= 0.3 is 0 Å². The number of anilines is 1. The fourth-order valence-corrected chi connectivity index (χ4v) is 1.51. The van der Waals surface area contributed by atoms with Crippen LogP contribution in [0.3, 0.4) is 0 Å². The first-order valence-corrected chi connectivity index (χ1v) is 5.42. The van der Waals surface area contributed by atoms with Gasteiger partial charge in [0.1, 0.15) is 0 Å². The molecule has 0 radical (unpaired) electrons. The molecule has 0 saturated heterocycles. The van der Waals surface area contributed by atoms with Crippen LogP contribution in [-0.4, -0.2) is 11.0 Å². The molecule has 0 aliphatic carbocycles. The Hall–Kier alpha value is -1.31. The van der Waals surface area contributed by atoms with Gasteiger partial charge in [-0.3, -0.25) is 4.98 Å². The van der Waals surface area contributed by atoms with Crippen molar-refractivity contribution in [2.24, 2.45) is 5.92 Å². The fourth-order valence-electron chi connectivity index (χ4n) is 1.51. The first-order valence-electron chi connectivity index (χ1n) is 5.42. The third kappa shape index (κ3) is 3.74.